The number of likely N-dealkylation sites (N-methyl/N-ethyl adjacent to an activating group) is 1. The minimum Gasteiger partial charge on any atom is -0.492 e. The molecule has 0 aromatic heterocycles. The number of halogens is 1. The molecule has 0 radical (unpaired) electrons. The van der Waals surface area contributed by atoms with Gasteiger partial charge in [-0.15, -0.1) is 24.0 Å². The van der Waals surface area contributed by atoms with Gasteiger partial charge in [0.15, 0.2) is 5.96 Å². The van der Waals surface area contributed by atoms with Crippen LogP contribution in [0.15, 0.2) is 35.3 Å². The van der Waals surface area contributed by atoms with Crippen LogP contribution in [0.4, 0.5) is 0 Å². The van der Waals surface area contributed by atoms with E-state index in [0.29, 0.717) is 12.6 Å². The lowest BCUT2D eigenvalue weighted by molar-refractivity contribution is 0.271. The summed E-state index contributed by atoms with van der Waals surface area (Å²) >= 11 is 0. The van der Waals surface area contributed by atoms with Crippen molar-refractivity contribution in [3.05, 3.63) is 30.3 Å². The maximum atomic E-state index is 5.69. The Morgan fingerprint density at radius 3 is 2.54 bits per heavy atom. The summed E-state index contributed by atoms with van der Waals surface area (Å²) in [6.45, 7) is 5.14. The van der Waals surface area contributed by atoms with E-state index >= 15 is 0 Å². The molecule has 1 fully saturated rings. The van der Waals surface area contributed by atoms with E-state index in [4.69, 9.17) is 9.73 Å². The molecule has 1 aromatic carbocycles. The molecule has 0 aliphatic heterocycles. The van der Waals surface area contributed by atoms with E-state index < -0.39 is 0 Å². The Balaban J connectivity index is 0.00000288. The molecule has 1 aliphatic carbocycles. The maximum absolute atomic E-state index is 5.69. The van der Waals surface area contributed by atoms with E-state index in [2.05, 4.69) is 36.6 Å². The van der Waals surface area contributed by atoms with Crippen molar-refractivity contribution in [3.8, 4) is 5.75 Å². The highest BCUT2D eigenvalue weighted by atomic mass is 127. The van der Waals surface area contributed by atoms with Gasteiger partial charge in [0.2, 0.25) is 0 Å². The predicted molar refractivity (Wildman–Crippen MR) is 112 cm³/mol. The molecule has 2 rings (SSSR count). The second kappa shape index (κ2) is 11.5. The van der Waals surface area contributed by atoms with Crippen molar-refractivity contribution >= 4 is 29.9 Å². The SMILES string of the molecule is CCNC(=NCC(C1CC1)N(C)C)NCCOc1ccccc1.I. The van der Waals surface area contributed by atoms with Crippen LogP contribution in [0.5, 0.6) is 5.75 Å². The molecule has 0 bridgehead atoms. The van der Waals surface area contributed by atoms with Gasteiger partial charge in [-0.3, -0.25) is 4.99 Å². The minimum atomic E-state index is 0. The van der Waals surface area contributed by atoms with Gasteiger partial charge in [-0.05, 0) is 51.9 Å². The van der Waals surface area contributed by atoms with Crippen molar-refractivity contribution in [2.75, 3.05) is 40.3 Å². The van der Waals surface area contributed by atoms with Gasteiger partial charge in [0.05, 0.1) is 13.1 Å². The van der Waals surface area contributed by atoms with E-state index in [-0.39, 0.29) is 24.0 Å². The molecule has 0 saturated heterocycles. The molecular formula is C18H31IN4O. The van der Waals surface area contributed by atoms with E-state index in [1.54, 1.807) is 0 Å². The molecule has 0 spiro atoms. The number of aliphatic imine (C=N–C) groups is 1. The van der Waals surface area contributed by atoms with Gasteiger partial charge in [0.1, 0.15) is 12.4 Å². The molecule has 1 saturated carbocycles. The molecular weight excluding hydrogens is 415 g/mol. The van der Waals surface area contributed by atoms with Crippen molar-refractivity contribution in [2.24, 2.45) is 10.9 Å². The normalized spacial score (nSPS) is 15.6. The molecule has 136 valence electrons. The van der Waals surface area contributed by atoms with Crippen molar-refractivity contribution < 1.29 is 4.74 Å². The van der Waals surface area contributed by atoms with Crippen LogP contribution < -0.4 is 15.4 Å². The summed E-state index contributed by atoms with van der Waals surface area (Å²) in [6, 6.07) is 10.4. The lowest BCUT2D eigenvalue weighted by Gasteiger charge is -2.23. The van der Waals surface area contributed by atoms with Crippen molar-refractivity contribution in [1.82, 2.24) is 15.5 Å². The highest BCUT2D eigenvalue weighted by Gasteiger charge is 2.32. The van der Waals surface area contributed by atoms with Crippen LogP contribution in [-0.4, -0.2) is 57.2 Å². The van der Waals surface area contributed by atoms with Crippen LogP contribution in [0.2, 0.25) is 0 Å². The molecule has 0 amide bonds. The quantitative estimate of drug-likeness (QED) is 0.265. The van der Waals surface area contributed by atoms with Crippen molar-refractivity contribution in [3.63, 3.8) is 0 Å². The fraction of sp³-hybridized carbons (Fsp3) is 0.611. The number of benzene rings is 1. The molecule has 1 atom stereocenters. The molecule has 2 N–H and O–H groups in total. The summed E-state index contributed by atoms with van der Waals surface area (Å²) in [5.74, 6) is 2.59. The smallest absolute Gasteiger partial charge is 0.191 e. The first-order valence-corrected chi connectivity index (χ1v) is 8.57. The fourth-order valence-electron chi connectivity index (χ4n) is 2.60. The third-order valence-electron chi connectivity index (χ3n) is 4.02. The highest BCUT2D eigenvalue weighted by Crippen LogP contribution is 2.34. The van der Waals surface area contributed by atoms with Crippen LogP contribution in [0.25, 0.3) is 0 Å². The molecule has 1 aromatic rings. The minimum absolute atomic E-state index is 0. The van der Waals surface area contributed by atoms with Crippen molar-refractivity contribution in [2.45, 2.75) is 25.8 Å². The Hall–Kier alpha value is -1.02. The van der Waals surface area contributed by atoms with E-state index in [1.807, 2.05) is 30.3 Å². The molecule has 1 aliphatic rings. The Labute approximate surface area is 163 Å². The Bertz CT molecular complexity index is 475. The number of nitrogens with zero attached hydrogens (tertiary/aromatic N) is 2. The maximum Gasteiger partial charge on any atom is 0.191 e. The fourth-order valence-corrected chi connectivity index (χ4v) is 2.60. The molecule has 24 heavy (non-hydrogen) atoms. The summed E-state index contributed by atoms with van der Waals surface area (Å²) in [4.78, 5) is 7.03. The second-order valence-corrected chi connectivity index (χ2v) is 6.18. The predicted octanol–water partition coefficient (Wildman–Crippen LogP) is 2.58. The lowest BCUT2D eigenvalue weighted by atomic mass is 10.2. The van der Waals surface area contributed by atoms with E-state index in [1.165, 1.54) is 12.8 Å². The average Bonchev–Trinajstić information content (AvgIpc) is 3.37. The number of guanidine groups is 1. The third-order valence-corrected chi connectivity index (χ3v) is 4.02. The van der Waals surface area contributed by atoms with Gasteiger partial charge in [0.25, 0.3) is 0 Å². The van der Waals surface area contributed by atoms with Gasteiger partial charge >= 0.3 is 0 Å². The molecule has 1 unspecified atom stereocenters. The first-order chi connectivity index (χ1) is 11.2. The number of nitrogens with one attached hydrogen (secondary N) is 2. The van der Waals surface area contributed by atoms with Gasteiger partial charge < -0.3 is 20.3 Å². The zero-order valence-corrected chi connectivity index (χ0v) is 17.3. The average molecular weight is 446 g/mol. The first-order valence-electron chi connectivity index (χ1n) is 8.57. The first kappa shape index (κ1) is 21.0. The van der Waals surface area contributed by atoms with Crippen molar-refractivity contribution in [1.29, 1.82) is 0 Å². The topological polar surface area (TPSA) is 48.9 Å². The summed E-state index contributed by atoms with van der Waals surface area (Å²) in [7, 11) is 4.29. The third kappa shape index (κ3) is 7.70. The zero-order valence-electron chi connectivity index (χ0n) is 15.0. The number of ether oxygens (including phenoxy) is 1. The molecule has 5 nitrogen and oxygen atoms in total. The van der Waals surface area contributed by atoms with Crippen LogP contribution in [0.3, 0.4) is 0 Å². The summed E-state index contributed by atoms with van der Waals surface area (Å²) in [5.41, 5.74) is 0. The van der Waals surface area contributed by atoms with Gasteiger partial charge in [-0.1, -0.05) is 18.2 Å². The lowest BCUT2D eigenvalue weighted by Crippen LogP contribution is -2.41. The second-order valence-electron chi connectivity index (χ2n) is 6.18. The number of para-hydroxylation sites is 1. The number of hydrogen-bond donors (Lipinski definition) is 2. The number of hydrogen-bond acceptors (Lipinski definition) is 3. The zero-order chi connectivity index (χ0) is 16.5. The summed E-state index contributed by atoms with van der Waals surface area (Å²) < 4.78 is 5.69. The van der Waals surface area contributed by atoms with Gasteiger partial charge in [-0.25, -0.2) is 0 Å². The van der Waals surface area contributed by atoms with Crippen LogP contribution >= 0.6 is 24.0 Å². The Morgan fingerprint density at radius 2 is 1.96 bits per heavy atom. The Morgan fingerprint density at radius 1 is 1.25 bits per heavy atom. The Kier molecular flexibility index (Phi) is 10.1. The molecule has 0 heterocycles. The van der Waals surface area contributed by atoms with E-state index in [0.717, 1.165) is 37.3 Å². The summed E-state index contributed by atoms with van der Waals surface area (Å²) in [5, 5.41) is 6.64. The summed E-state index contributed by atoms with van der Waals surface area (Å²) in [6.07, 6.45) is 2.68. The largest absolute Gasteiger partial charge is 0.492 e. The standard InChI is InChI=1S/C18H30N4O.HI/c1-4-19-18(21-14-17(22(2)3)15-10-11-15)20-12-13-23-16-8-6-5-7-9-16;/h5-9,15,17H,4,10-14H2,1-3H3,(H2,19,20,21);1H. The van der Waals surface area contributed by atoms with Crippen LogP contribution in [0.1, 0.15) is 19.8 Å². The molecule has 6 heteroatoms. The van der Waals surface area contributed by atoms with E-state index in [9.17, 15) is 0 Å². The van der Waals surface area contributed by atoms with Crippen LogP contribution in [-0.2, 0) is 0 Å². The monoisotopic (exact) mass is 446 g/mol. The van der Waals surface area contributed by atoms with Gasteiger partial charge in [0, 0.05) is 12.6 Å². The van der Waals surface area contributed by atoms with Gasteiger partial charge in [-0.2, -0.15) is 0 Å². The number of rotatable bonds is 9. The van der Waals surface area contributed by atoms with Crippen LogP contribution in [0, 0.1) is 5.92 Å². The highest BCUT2D eigenvalue weighted by molar-refractivity contribution is 14.0.